The van der Waals surface area contributed by atoms with Crippen molar-refractivity contribution in [1.29, 1.82) is 0 Å². The first-order chi connectivity index (χ1) is 14.3. The van der Waals surface area contributed by atoms with E-state index in [0.29, 0.717) is 21.3 Å². The fourth-order valence-electron chi connectivity index (χ4n) is 3.42. The molecule has 1 aliphatic heterocycles. The lowest BCUT2D eigenvalue weighted by Crippen LogP contribution is -2.29. The average molecular weight is 439 g/mol. The van der Waals surface area contributed by atoms with Crippen molar-refractivity contribution in [2.75, 3.05) is 4.90 Å². The molecule has 0 bridgehead atoms. The number of aryl methyl sites for hydroxylation is 3. The standard InChI is InChI=1S/C23H19ClN2O3S/c1-12-4-6-16(7-5-12)20(27)18-19(15-8-10-17(24)11-9-15)26(22(29)21(18)28)23-25-13(2)14(3)30-23/h4-11,19,27H,1-3H3/t19-/m0/s1. The van der Waals surface area contributed by atoms with Crippen molar-refractivity contribution < 1.29 is 14.7 Å². The summed E-state index contributed by atoms with van der Waals surface area (Å²) in [7, 11) is 0. The summed E-state index contributed by atoms with van der Waals surface area (Å²) >= 11 is 7.39. The average Bonchev–Trinajstić information content (AvgIpc) is 3.18. The van der Waals surface area contributed by atoms with Crippen LogP contribution in [0.1, 0.15) is 33.3 Å². The van der Waals surface area contributed by atoms with Gasteiger partial charge in [0, 0.05) is 15.5 Å². The monoisotopic (exact) mass is 438 g/mol. The number of thiazole rings is 1. The van der Waals surface area contributed by atoms with Crippen LogP contribution in [-0.2, 0) is 9.59 Å². The van der Waals surface area contributed by atoms with Gasteiger partial charge in [0.1, 0.15) is 5.76 Å². The summed E-state index contributed by atoms with van der Waals surface area (Å²) in [5, 5.41) is 12.0. The second-order valence-corrected chi connectivity index (χ2v) is 8.84. The summed E-state index contributed by atoms with van der Waals surface area (Å²) in [5.41, 5.74) is 3.00. The van der Waals surface area contributed by atoms with Gasteiger partial charge in [-0.1, -0.05) is 53.6 Å². The molecule has 0 radical (unpaired) electrons. The third kappa shape index (κ3) is 3.42. The number of rotatable bonds is 3. The number of hydrogen-bond acceptors (Lipinski definition) is 5. The number of amides is 1. The summed E-state index contributed by atoms with van der Waals surface area (Å²) in [5.74, 6) is -1.66. The molecular weight excluding hydrogens is 420 g/mol. The number of aromatic nitrogens is 1. The highest BCUT2D eigenvalue weighted by Gasteiger charge is 2.48. The molecule has 152 valence electrons. The summed E-state index contributed by atoms with van der Waals surface area (Å²) < 4.78 is 0. The van der Waals surface area contributed by atoms with Gasteiger partial charge in [-0.15, -0.1) is 11.3 Å². The van der Waals surface area contributed by atoms with Crippen molar-refractivity contribution in [2.45, 2.75) is 26.8 Å². The lowest BCUT2D eigenvalue weighted by atomic mass is 9.95. The number of benzene rings is 2. The largest absolute Gasteiger partial charge is 0.507 e. The molecule has 3 aromatic rings. The molecule has 0 unspecified atom stereocenters. The van der Waals surface area contributed by atoms with E-state index in [-0.39, 0.29) is 11.3 Å². The van der Waals surface area contributed by atoms with Gasteiger partial charge < -0.3 is 5.11 Å². The first-order valence-electron chi connectivity index (χ1n) is 9.35. The third-order valence-corrected chi connectivity index (χ3v) is 6.50. The zero-order chi connectivity index (χ0) is 21.6. The van der Waals surface area contributed by atoms with E-state index >= 15 is 0 Å². The SMILES string of the molecule is Cc1ccc(C(O)=C2C(=O)C(=O)N(c3nc(C)c(C)s3)[C@H]2c2ccc(Cl)cc2)cc1. The van der Waals surface area contributed by atoms with Crippen molar-refractivity contribution >= 4 is 45.5 Å². The number of halogens is 1. The van der Waals surface area contributed by atoms with Crippen LogP contribution in [0.2, 0.25) is 5.02 Å². The number of nitrogens with zero attached hydrogens (tertiary/aromatic N) is 2. The van der Waals surface area contributed by atoms with Crippen molar-refractivity contribution in [3.63, 3.8) is 0 Å². The van der Waals surface area contributed by atoms with E-state index in [2.05, 4.69) is 4.98 Å². The van der Waals surface area contributed by atoms with Crippen molar-refractivity contribution in [1.82, 2.24) is 4.98 Å². The van der Waals surface area contributed by atoms with E-state index in [1.807, 2.05) is 32.9 Å². The molecule has 1 atom stereocenters. The van der Waals surface area contributed by atoms with Crippen LogP contribution in [0.3, 0.4) is 0 Å². The van der Waals surface area contributed by atoms with Crippen LogP contribution >= 0.6 is 22.9 Å². The Labute approximate surface area is 183 Å². The van der Waals surface area contributed by atoms with Gasteiger partial charge in [0.25, 0.3) is 5.78 Å². The summed E-state index contributed by atoms with van der Waals surface area (Å²) in [6, 6.07) is 13.2. The van der Waals surface area contributed by atoms with E-state index in [9.17, 15) is 14.7 Å². The minimum absolute atomic E-state index is 0.0386. The number of carbonyl (C=O) groups excluding carboxylic acids is 2. The molecule has 2 aromatic carbocycles. The van der Waals surface area contributed by atoms with Gasteiger partial charge in [0.05, 0.1) is 17.3 Å². The Bertz CT molecular complexity index is 1160. The quantitative estimate of drug-likeness (QED) is 0.340. The topological polar surface area (TPSA) is 70.5 Å². The number of aliphatic hydroxyl groups excluding tert-OH is 1. The van der Waals surface area contributed by atoms with E-state index in [1.54, 1.807) is 36.4 Å². The van der Waals surface area contributed by atoms with Crippen LogP contribution in [0.5, 0.6) is 0 Å². The van der Waals surface area contributed by atoms with Gasteiger partial charge in [-0.2, -0.15) is 0 Å². The Balaban J connectivity index is 1.94. The van der Waals surface area contributed by atoms with Gasteiger partial charge in [0.15, 0.2) is 5.13 Å². The Kier molecular flexibility index (Phi) is 5.22. The predicted molar refractivity (Wildman–Crippen MR) is 119 cm³/mol. The molecule has 1 saturated heterocycles. The predicted octanol–water partition coefficient (Wildman–Crippen LogP) is 5.35. The van der Waals surface area contributed by atoms with Crippen LogP contribution < -0.4 is 4.90 Å². The smallest absolute Gasteiger partial charge is 0.301 e. The van der Waals surface area contributed by atoms with E-state index in [0.717, 1.165) is 16.1 Å². The second-order valence-electron chi connectivity index (χ2n) is 7.22. The molecule has 0 aliphatic carbocycles. The molecular formula is C23H19ClN2O3S. The van der Waals surface area contributed by atoms with E-state index < -0.39 is 17.7 Å². The molecule has 30 heavy (non-hydrogen) atoms. The molecule has 1 N–H and O–H groups in total. The van der Waals surface area contributed by atoms with Crippen LogP contribution in [0, 0.1) is 20.8 Å². The summed E-state index contributed by atoms with van der Waals surface area (Å²) in [4.78, 5) is 32.9. The molecule has 0 saturated carbocycles. The number of hydrogen-bond donors (Lipinski definition) is 1. The van der Waals surface area contributed by atoms with Gasteiger partial charge >= 0.3 is 5.91 Å². The van der Waals surface area contributed by atoms with Crippen LogP contribution in [0.15, 0.2) is 54.1 Å². The zero-order valence-electron chi connectivity index (χ0n) is 16.6. The van der Waals surface area contributed by atoms with Gasteiger partial charge in [-0.3, -0.25) is 14.5 Å². The molecule has 5 nitrogen and oxygen atoms in total. The maximum absolute atomic E-state index is 13.1. The van der Waals surface area contributed by atoms with Gasteiger partial charge in [-0.25, -0.2) is 4.98 Å². The molecule has 2 heterocycles. The second kappa shape index (κ2) is 7.70. The highest BCUT2D eigenvalue weighted by Crippen LogP contribution is 2.43. The molecule has 4 rings (SSSR count). The Hall–Kier alpha value is -2.96. The third-order valence-electron chi connectivity index (χ3n) is 5.18. The Morgan fingerprint density at radius 3 is 2.23 bits per heavy atom. The Morgan fingerprint density at radius 1 is 1.03 bits per heavy atom. The molecule has 1 fully saturated rings. The lowest BCUT2D eigenvalue weighted by Gasteiger charge is -2.23. The van der Waals surface area contributed by atoms with E-state index in [1.165, 1.54) is 16.2 Å². The molecule has 0 spiro atoms. The van der Waals surface area contributed by atoms with Crippen LogP contribution in [0.4, 0.5) is 5.13 Å². The van der Waals surface area contributed by atoms with Crippen LogP contribution in [0.25, 0.3) is 5.76 Å². The lowest BCUT2D eigenvalue weighted by molar-refractivity contribution is -0.132. The maximum Gasteiger partial charge on any atom is 0.301 e. The van der Waals surface area contributed by atoms with Crippen molar-refractivity contribution in [3.05, 3.63) is 86.4 Å². The maximum atomic E-state index is 13.1. The Morgan fingerprint density at radius 2 is 1.67 bits per heavy atom. The first kappa shape index (κ1) is 20.3. The number of ketones is 1. The molecule has 1 amide bonds. The minimum Gasteiger partial charge on any atom is -0.507 e. The fraction of sp³-hybridized carbons (Fsp3) is 0.174. The number of Topliss-reactive ketones (excluding diaryl/α,β-unsaturated/α-hetero) is 1. The normalized spacial score (nSPS) is 18.3. The van der Waals surface area contributed by atoms with Crippen molar-refractivity contribution in [3.8, 4) is 0 Å². The summed E-state index contributed by atoms with van der Waals surface area (Å²) in [6.45, 7) is 5.70. The molecule has 7 heteroatoms. The molecule has 1 aromatic heterocycles. The fourth-order valence-corrected chi connectivity index (χ4v) is 4.48. The first-order valence-corrected chi connectivity index (χ1v) is 10.5. The number of carbonyl (C=O) groups is 2. The van der Waals surface area contributed by atoms with Crippen molar-refractivity contribution in [2.24, 2.45) is 0 Å². The van der Waals surface area contributed by atoms with E-state index in [4.69, 9.17) is 11.6 Å². The molecule has 1 aliphatic rings. The highest BCUT2D eigenvalue weighted by molar-refractivity contribution is 7.16. The summed E-state index contributed by atoms with van der Waals surface area (Å²) in [6.07, 6.45) is 0. The number of anilines is 1. The van der Waals surface area contributed by atoms with Gasteiger partial charge in [0.2, 0.25) is 0 Å². The van der Waals surface area contributed by atoms with Gasteiger partial charge in [-0.05, 0) is 38.5 Å². The number of aliphatic hydroxyl groups is 1. The minimum atomic E-state index is -0.798. The van der Waals surface area contributed by atoms with Crippen LogP contribution in [-0.4, -0.2) is 21.8 Å². The zero-order valence-corrected chi connectivity index (χ0v) is 18.2. The highest BCUT2D eigenvalue weighted by atomic mass is 35.5.